The standard InChI is InChI=1S/C12H23NO3S/c1-9(2)5-6-17-8-11(14)13(10(3)4)7-12(15)16/h9-10H,5-8H2,1-4H3,(H,15,16). The molecule has 0 unspecified atom stereocenters. The van der Waals surface area contributed by atoms with Crippen molar-refractivity contribution in [1.82, 2.24) is 4.90 Å². The molecule has 0 aliphatic heterocycles. The van der Waals surface area contributed by atoms with Crippen LogP contribution in [0.3, 0.4) is 0 Å². The average molecular weight is 261 g/mol. The lowest BCUT2D eigenvalue weighted by Gasteiger charge is -2.24. The summed E-state index contributed by atoms with van der Waals surface area (Å²) in [6, 6.07) is -0.0655. The molecule has 0 aromatic carbocycles. The number of carbonyl (C=O) groups is 2. The van der Waals surface area contributed by atoms with Gasteiger partial charge in [0.1, 0.15) is 6.54 Å². The Kier molecular flexibility index (Phi) is 8.04. The van der Waals surface area contributed by atoms with Crippen molar-refractivity contribution >= 4 is 23.6 Å². The van der Waals surface area contributed by atoms with Gasteiger partial charge in [0.15, 0.2) is 0 Å². The van der Waals surface area contributed by atoms with Crippen molar-refractivity contribution < 1.29 is 14.7 Å². The number of carbonyl (C=O) groups excluding carboxylic acids is 1. The zero-order chi connectivity index (χ0) is 13.4. The van der Waals surface area contributed by atoms with Crippen molar-refractivity contribution in [3.8, 4) is 0 Å². The van der Waals surface area contributed by atoms with Crippen LogP contribution in [0.4, 0.5) is 0 Å². The molecule has 1 amide bonds. The zero-order valence-electron chi connectivity index (χ0n) is 11.1. The van der Waals surface area contributed by atoms with E-state index in [0.717, 1.165) is 12.2 Å². The molecule has 0 heterocycles. The lowest BCUT2D eigenvalue weighted by atomic mass is 10.2. The third kappa shape index (κ3) is 8.07. The van der Waals surface area contributed by atoms with Crippen LogP contribution in [0.2, 0.25) is 0 Å². The first-order valence-corrected chi connectivity index (χ1v) is 7.09. The topological polar surface area (TPSA) is 57.6 Å². The van der Waals surface area contributed by atoms with Gasteiger partial charge in [-0.1, -0.05) is 13.8 Å². The van der Waals surface area contributed by atoms with Crippen molar-refractivity contribution in [2.75, 3.05) is 18.1 Å². The largest absolute Gasteiger partial charge is 0.480 e. The summed E-state index contributed by atoms with van der Waals surface area (Å²) in [6.45, 7) is 7.75. The summed E-state index contributed by atoms with van der Waals surface area (Å²) in [5, 5.41) is 8.73. The molecule has 0 spiro atoms. The molecule has 17 heavy (non-hydrogen) atoms. The third-order valence-electron chi connectivity index (χ3n) is 2.31. The van der Waals surface area contributed by atoms with E-state index < -0.39 is 5.97 Å². The SMILES string of the molecule is CC(C)CCSCC(=O)N(CC(=O)O)C(C)C. The van der Waals surface area contributed by atoms with Crippen molar-refractivity contribution in [3.63, 3.8) is 0 Å². The van der Waals surface area contributed by atoms with E-state index in [4.69, 9.17) is 5.11 Å². The molecule has 0 rings (SSSR count). The van der Waals surface area contributed by atoms with Gasteiger partial charge in [0.05, 0.1) is 5.75 Å². The Hall–Kier alpha value is -0.710. The number of hydrogen-bond donors (Lipinski definition) is 1. The van der Waals surface area contributed by atoms with E-state index in [0.29, 0.717) is 11.7 Å². The number of carboxylic acid groups (broad SMARTS) is 1. The van der Waals surface area contributed by atoms with E-state index in [2.05, 4.69) is 13.8 Å². The minimum absolute atomic E-state index is 0.0655. The maximum atomic E-state index is 11.8. The van der Waals surface area contributed by atoms with E-state index in [1.54, 1.807) is 11.8 Å². The summed E-state index contributed by atoms with van der Waals surface area (Å²) in [7, 11) is 0. The van der Waals surface area contributed by atoms with Gasteiger partial charge >= 0.3 is 5.97 Å². The number of nitrogens with zero attached hydrogens (tertiary/aromatic N) is 1. The molecule has 0 fully saturated rings. The molecular formula is C12H23NO3S. The molecule has 100 valence electrons. The van der Waals surface area contributed by atoms with Crippen LogP contribution in [-0.4, -0.2) is 46.0 Å². The normalized spacial score (nSPS) is 10.9. The van der Waals surface area contributed by atoms with Gasteiger partial charge in [-0.3, -0.25) is 9.59 Å². The Morgan fingerprint density at radius 2 is 1.82 bits per heavy atom. The Bertz CT molecular complexity index is 254. The summed E-state index contributed by atoms with van der Waals surface area (Å²) in [4.78, 5) is 23.9. The first kappa shape index (κ1) is 16.3. The molecule has 0 aliphatic rings. The number of amides is 1. The first-order valence-electron chi connectivity index (χ1n) is 5.93. The fraction of sp³-hybridized carbons (Fsp3) is 0.833. The minimum Gasteiger partial charge on any atom is -0.480 e. The number of thioether (sulfide) groups is 1. The molecule has 0 aromatic rings. The molecule has 0 atom stereocenters. The van der Waals surface area contributed by atoms with Gasteiger partial charge in [0, 0.05) is 6.04 Å². The quantitative estimate of drug-likeness (QED) is 0.680. The average Bonchev–Trinajstić information content (AvgIpc) is 2.19. The van der Waals surface area contributed by atoms with Crippen molar-refractivity contribution in [2.45, 2.75) is 40.2 Å². The van der Waals surface area contributed by atoms with E-state index in [9.17, 15) is 9.59 Å². The third-order valence-corrected chi connectivity index (χ3v) is 3.29. The fourth-order valence-corrected chi connectivity index (χ4v) is 2.39. The van der Waals surface area contributed by atoms with Crippen LogP contribution in [0, 0.1) is 5.92 Å². The highest BCUT2D eigenvalue weighted by molar-refractivity contribution is 7.99. The lowest BCUT2D eigenvalue weighted by Crippen LogP contribution is -2.41. The summed E-state index contributed by atoms with van der Waals surface area (Å²) in [6.07, 6.45) is 1.08. The molecule has 0 bridgehead atoms. The van der Waals surface area contributed by atoms with Crippen LogP contribution >= 0.6 is 11.8 Å². The second-order valence-electron chi connectivity index (χ2n) is 4.74. The van der Waals surface area contributed by atoms with Crippen LogP contribution in [0.15, 0.2) is 0 Å². The lowest BCUT2D eigenvalue weighted by molar-refractivity contribution is -0.144. The van der Waals surface area contributed by atoms with Gasteiger partial charge in [-0.15, -0.1) is 0 Å². The maximum absolute atomic E-state index is 11.8. The van der Waals surface area contributed by atoms with E-state index >= 15 is 0 Å². The fourth-order valence-electron chi connectivity index (χ4n) is 1.27. The Labute approximate surface area is 108 Å². The molecule has 0 aliphatic carbocycles. The monoisotopic (exact) mass is 261 g/mol. The van der Waals surface area contributed by atoms with Gasteiger partial charge < -0.3 is 10.0 Å². The number of carboxylic acids is 1. The molecular weight excluding hydrogens is 238 g/mol. The van der Waals surface area contributed by atoms with Gasteiger partial charge in [0.25, 0.3) is 0 Å². The van der Waals surface area contributed by atoms with Crippen LogP contribution in [0.5, 0.6) is 0 Å². The number of aliphatic carboxylic acids is 1. The smallest absolute Gasteiger partial charge is 0.323 e. The second-order valence-corrected chi connectivity index (χ2v) is 5.85. The van der Waals surface area contributed by atoms with Crippen molar-refractivity contribution in [1.29, 1.82) is 0 Å². The predicted octanol–water partition coefficient (Wildman–Crippen LogP) is 2.09. The van der Waals surface area contributed by atoms with Gasteiger partial charge in [-0.05, 0) is 31.9 Å². The van der Waals surface area contributed by atoms with Crippen LogP contribution in [-0.2, 0) is 9.59 Å². The van der Waals surface area contributed by atoms with Crippen molar-refractivity contribution in [3.05, 3.63) is 0 Å². The molecule has 5 heteroatoms. The Morgan fingerprint density at radius 1 is 1.24 bits per heavy atom. The molecule has 4 nitrogen and oxygen atoms in total. The second kappa shape index (κ2) is 8.39. The van der Waals surface area contributed by atoms with Crippen LogP contribution < -0.4 is 0 Å². The van der Waals surface area contributed by atoms with Gasteiger partial charge in [-0.2, -0.15) is 11.8 Å². The van der Waals surface area contributed by atoms with E-state index in [-0.39, 0.29) is 18.5 Å². The molecule has 0 aromatic heterocycles. The highest BCUT2D eigenvalue weighted by Gasteiger charge is 2.19. The highest BCUT2D eigenvalue weighted by atomic mass is 32.2. The predicted molar refractivity (Wildman–Crippen MR) is 71.3 cm³/mol. The Balaban J connectivity index is 4.02. The summed E-state index contributed by atoms with van der Waals surface area (Å²) in [5.41, 5.74) is 0. The van der Waals surface area contributed by atoms with E-state index in [1.165, 1.54) is 4.90 Å². The Morgan fingerprint density at radius 3 is 2.24 bits per heavy atom. The van der Waals surface area contributed by atoms with Crippen molar-refractivity contribution in [2.24, 2.45) is 5.92 Å². The van der Waals surface area contributed by atoms with E-state index in [1.807, 2.05) is 13.8 Å². The highest BCUT2D eigenvalue weighted by Crippen LogP contribution is 2.10. The van der Waals surface area contributed by atoms with Gasteiger partial charge in [-0.25, -0.2) is 0 Å². The maximum Gasteiger partial charge on any atom is 0.323 e. The summed E-state index contributed by atoms with van der Waals surface area (Å²) in [5.74, 6) is 0.911. The van der Waals surface area contributed by atoms with Crippen LogP contribution in [0.1, 0.15) is 34.1 Å². The molecule has 0 radical (unpaired) electrons. The zero-order valence-corrected chi connectivity index (χ0v) is 11.9. The molecule has 0 saturated carbocycles. The molecule has 1 N–H and O–H groups in total. The van der Waals surface area contributed by atoms with Crippen LogP contribution in [0.25, 0.3) is 0 Å². The summed E-state index contributed by atoms with van der Waals surface area (Å²) < 4.78 is 0. The number of hydrogen-bond acceptors (Lipinski definition) is 3. The minimum atomic E-state index is -0.959. The first-order chi connectivity index (χ1) is 7.84. The molecule has 0 saturated heterocycles. The number of rotatable bonds is 8. The summed E-state index contributed by atoms with van der Waals surface area (Å²) >= 11 is 1.58. The van der Waals surface area contributed by atoms with Gasteiger partial charge in [0.2, 0.25) is 5.91 Å².